The van der Waals surface area contributed by atoms with Gasteiger partial charge >= 0.3 is 5.97 Å². The minimum Gasteiger partial charge on any atom is -0.484 e. The molecule has 2 N–H and O–H groups in total. The Bertz CT molecular complexity index is 732. The van der Waals surface area contributed by atoms with Crippen molar-refractivity contribution in [2.45, 2.75) is 20.3 Å². The molecule has 0 aliphatic rings. The quantitative estimate of drug-likeness (QED) is 0.665. The third-order valence-corrected chi connectivity index (χ3v) is 3.70. The van der Waals surface area contributed by atoms with Crippen LogP contribution in [-0.2, 0) is 9.59 Å². The topological polar surface area (TPSA) is 97.8 Å². The van der Waals surface area contributed by atoms with E-state index in [-0.39, 0.29) is 25.0 Å². The highest BCUT2D eigenvalue weighted by atomic mass is 16.5. The highest BCUT2D eigenvalue weighted by Gasteiger charge is 2.19. The van der Waals surface area contributed by atoms with E-state index >= 15 is 0 Å². The highest BCUT2D eigenvalue weighted by Crippen LogP contribution is 2.22. The van der Waals surface area contributed by atoms with Gasteiger partial charge in [0.1, 0.15) is 11.5 Å². The van der Waals surface area contributed by atoms with Crippen LogP contribution in [0.25, 0.3) is 0 Å². The number of aromatic nitrogens is 1. The molecule has 2 aromatic rings. The van der Waals surface area contributed by atoms with Gasteiger partial charge in [0.25, 0.3) is 5.91 Å². The summed E-state index contributed by atoms with van der Waals surface area (Å²) in [6.07, 6.45) is 2.15. The Kier molecular flexibility index (Phi) is 7.61. The molecule has 1 aromatic heterocycles. The average molecular weight is 372 g/mol. The summed E-state index contributed by atoms with van der Waals surface area (Å²) in [5, 5.41) is 11.8. The second kappa shape index (κ2) is 10.2. The van der Waals surface area contributed by atoms with Gasteiger partial charge in [-0.05, 0) is 42.7 Å². The predicted octanol–water partition coefficient (Wildman–Crippen LogP) is 3.12. The van der Waals surface area contributed by atoms with E-state index in [0.717, 1.165) is 0 Å². The zero-order valence-electron chi connectivity index (χ0n) is 15.4. The molecule has 27 heavy (non-hydrogen) atoms. The standard InChI is InChI=1S/C20H24N2O5/c1-14(2)11-15(20(24)25)12-22-18(23)13-26-16-6-8-17(9-7-16)27-19-5-3-4-10-21-19/h3-10,14-15H,11-13H2,1-2H3,(H,22,23)(H,24,25). The fourth-order valence-electron chi connectivity index (χ4n) is 2.41. The average Bonchev–Trinajstić information content (AvgIpc) is 2.65. The Balaban J connectivity index is 1.77. The van der Waals surface area contributed by atoms with Gasteiger partial charge in [-0.25, -0.2) is 4.98 Å². The Morgan fingerprint density at radius 1 is 1.11 bits per heavy atom. The minimum atomic E-state index is -0.909. The number of benzene rings is 1. The summed E-state index contributed by atoms with van der Waals surface area (Å²) < 4.78 is 11.0. The summed E-state index contributed by atoms with van der Waals surface area (Å²) in [7, 11) is 0. The minimum absolute atomic E-state index is 0.0898. The molecule has 0 aliphatic heterocycles. The molecule has 7 heteroatoms. The first-order chi connectivity index (χ1) is 12.9. The van der Waals surface area contributed by atoms with Crippen molar-refractivity contribution in [2.75, 3.05) is 13.2 Å². The van der Waals surface area contributed by atoms with Crippen molar-refractivity contribution in [3.05, 3.63) is 48.7 Å². The number of carbonyl (C=O) groups is 2. The lowest BCUT2D eigenvalue weighted by molar-refractivity contribution is -0.142. The van der Waals surface area contributed by atoms with Crippen LogP contribution in [0.15, 0.2) is 48.7 Å². The molecule has 0 aliphatic carbocycles. The van der Waals surface area contributed by atoms with Crippen molar-refractivity contribution in [3.63, 3.8) is 0 Å². The zero-order chi connectivity index (χ0) is 19.6. The number of nitrogens with zero attached hydrogens (tertiary/aromatic N) is 1. The molecular formula is C20H24N2O5. The maximum absolute atomic E-state index is 11.9. The molecule has 0 spiro atoms. The monoisotopic (exact) mass is 372 g/mol. The lowest BCUT2D eigenvalue weighted by atomic mass is 9.97. The number of hydrogen-bond acceptors (Lipinski definition) is 5. The largest absolute Gasteiger partial charge is 0.484 e. The second-order valence-corrected chi connectivity index (χ2v) is 6.50. The van der Waals surface area contributed by atoms with Gasteiger partial charge in [-0.1, -0.05) is 19.9 Å². The molecule has 1 unspecified atom stereocenters. The van der Waals surface area contributed by atoms with Crippen LogP contribution >= 0.6 is 0 Å². The number of rotatable bonds is 10. The summed E-state index contributed by atoms with van der Waals surface area (Å²) in [6.45, 7) is 3.80. The van der Waals surface area contributed by atoms with Crippen LogP contribution in [0.2, 0.25) is 0 Å². The van der Waals surface area contributed by atoms with Crippen molar-refractivity contribution in [1.29, 1.82) is 0 Å². The number of carboxylic acid groups (broad SMARTS) is 1. The smallest absolute Gasteiger partial charge is 0.308 e. The SMILES string of the molecule is CC(C)CC(CNC(=O)COc1ccc(Oc2ccccn2)cc1)C(=O)O. The Morgan fingerprint density at radius 2 is 1.81 bits per heavy atom. The number of nitrogens with one attached hydrogen (secondary N) is 1. The van der Waals surface area contributed by atoms with Crippen LogP contribution in [0.1, 0.15) is 20.3 Å². The van der Waals surface area contributed by atoms with Crippen molar-refractivity contribution in [1.82, 2.24) is 10.3 Å². The van der Waals surface area contributed by atoms with Gasteiger partial charge in [-0.2, -0.15) is 0 Å². The van der Waals surface area contributed by atoms with E-state index in [1.807, 2.05) is 19.9 Å². The molecule has 0 bridgehead atoms. The van der Waals surface area contributed by atoms with Crippen LogP contribution in [0, 0.1) is 11.8 Å². The second-order valence-electron chi connectivity index (χ2n) is 6.50. The molecule has 0 saturated heterocycles. The molecule has 0 saturated carbocycles. The van der Waals surface area contributed by atoms with E-state index in [1.54, 1.807) is 42.6 Å². The molecule has 0 fully saturated rings. The van der Waals surface area contributed by atoms with E-state index in [4.69, 9.17) is 9.47 Å². The lowest BCUT2D eigenvalue weighted by Gasteiger charge is -2.15. The van der Waals surface area contributed by atoms with Crippen molar-refractivity contribution in [2.24, 2.45) is 11.8 Å². The molecule has 1 aromatic carbocycles. The molecule has 1 amide bonds. The van der Waals surface area contributed by atoms with E-state index < -0.39 is 11.9 Å². The van der Waals surface area contributed by atoms with Crippen molar-refractivity contribution < 1.29 is 24.2 Å². The van der Waals surface area contributed by atoms with Crippen LogP contribution in [-0.4, -0.2) is 35.1 Å². The third kappa shape index (κ3) is 7.35. The maximum atomic E-state index is 11.9. The number of hydrogen-bond donors (Lipinski definition) is 2. The predicted molar refractivity (Wildman–Crippen MR) is 99.8 cm³/mol. The molecular weight excluding hydrogens is 348 g/mol. The lowest BCUT2D eigenvalue weighted by Crippen LogP contribution is -2.36. The number of amides is 1. The molecule has 2 rings (SSSR count). The Morgan fingerprint density at radius 3 is 2.41 bits per heavy atom. The first-order valence-electron chi connectivity index (χ1n) is 8.75. The highest BCUT2D eigenvalue weighted by molar-refractivity contribution is 5.78. The Hall–Kier alpha value is -3.09. The fraction of sp³-hybridized carbons (Fsp3) is 0.350. The molecule has 0 radical (unpaired) electrons. The summed E-state index contributed by atoms with van der Waals surface area (Å²) in [5.41, 5.74) is 0. The summed E-state index contributed by atoms with van der Waals surface area (Å²) >= 11 is 0. The molecule has 1 atom stereocenters. The number of pyridine rings is 1. The van der Waals surface area contributed by atoms with Crippen molar-refractivity contribution >= 4 is 11.9 Å². The Labute approximate surface area is 158 Å². The van der Waals surface area contributed by atoms with E-state index in [2.05, 4.69) is 10.3 Å². The molecule has 1 heterocycles. The molecule has 144 valence electrons. The third-order valence-electron chi connectivity index (χ3n) is 3.70. The van der Waals surface area contributed by atoms with Crippen molar-refractivity contribution in [3.8, 4) is 17.4 Å². The first kappa shape index (κ1) is 20.2. The van der Waals surface area contributed by atoms with E-state index in [9.17, 15) is 14.7 Å². The van der Waals surface area contributed by atoms with Gasteiger partial charge in [0.15, 0.2) is 6.61 Å². The number of carbonyl (C=O) groups excluding carboxylic acids is 1. The summed E-state index contributed by atoms with van der Waals surface area (Å²) in [4.78, 5) is 27.1. The van der Waals surface area contributed by atoms with Crippen LogP contribution in [0.3, 0.4) is 0 Å². The fourth-order valence-corrected chi connectivity index (χ4v) is 2.41. The summed E-state index contributed by atoms with van der Waals surface area (Å²) in [5.74, 6) is -0.0332. The van der Waals surface area contributed by atoms with Gasteiger partial charge < -0.3 is 19.9 Å². The number of aliphatic carboxylic acids is 1. The normalized spacial score (nSPS) is 11.7. The van der Waals surface area contributed by atoms with Gasteiger partial charge in [-0.15, -0.1) is 0 Å². The number of carboxylic acids is 1. The first-order valence-corrected chi connectivity index (χ1v) is 8.75. The van der Waals surface area contributed by atoms with Crippen LogP contribution < -0.4 is 14.8 Å². The summed E-state index contributed by atoms with van der Waals surface area (Å²) in [6, 6.07) is 12.2. The molecule has 7 nitrogen and oxygen atoms in total. The maximum Gasteiger partial charge on any atom is 0.308 e. The number of ether oxygens (including phenoxy) is 2. The van der Waals surface area contributed by atoms with Crippen LogP contribution in [0.4, 0.5) is 0 Å². The van der Waals surface area contributed by atoms with Crippen LogP contribution in [0.5, 0.6) is 17.4 Å². The van der Waals surface area contributed by atoms with Gasteiger partial charge in [-0.3, -0.25) is 9.59 Å². The van der Waals surface area contributed by atoms with E-state index in [1.165, 1.54) is 0 Å². The van der Waals surface area contributed by atoms with E-state index in [0.29, 0.717) is 23.8 Å². The van der Waals surface area contributed by atoms with Gasteiger partial charge in [0.2, 0.25) is 5.88 Å². The van der Waals surface area contributed by atoms with Gasteiger partial charge in [0, 0.05) is 18.8 Å². The van der Waals surface area contributed by atoms with Gasteiger partial charge in [0.05, 0.1) is 5.92 Å². The zero-order valence-corrected chi connectivity index (χ0v) is 15.4.